The summed E-state index contributed by atoms with van der Waals surface area (Å²) in [6.07, 6.45) is 0. The number of carbonyl (C=O) groups is 3. The van der Waals surface area contributed by atoms with Gasteiger partial charge in [0.05, 0.1) is 0 Å². The molecule has 6 nitrogen and oxygen atoms in total. The first-order chi connectivity index (χ1) is 9.82. The average molecular weight is 292 g/mol. The monoisotopic (exact) mass is 292 g/mol. The summed E-state index contributed by atoms with van der Waals surface area (Å²) >= 11 is 0. The smallest absolute Gasteiger partial charge is 0.330 e. The van der Waals surface area contributed by atoms with Crippen molar-refractivity contribution in [1.29, 1.82) is 0 Å². The number of aliphatic carboxylic acids is 1. The molecule has 0 saturated carbocycles. The molecule has 0 radical (unpaired) electrons. The van der Waals surface area contributed by atoms with Gasteiger partial charge in [0.2, 0.25) is 11.8 Å². The fraction of sp³-hybridized carbons (Fsp3) is 0.400. The molecule has 0 fully saturated rings. The highest BCUT2D eigenvalue weighted by Gasteiger charge is 2.28. The summed E-state index contributed by atoms with van der Waals surface area (Å²) in [6.45, 7) is 4.87. The van der Waals surface area contributed by atoms with Crippen LogP contribution in [0.15, 0.2) is 30.3 Å². The van der Waals surface area contributed by atoms with Gasteiger partial charge in [-0.15, -0.1) is 0 Å². The van der Waals surface area contributed by atoms with Gasteiger partial charge in [-0.05, 0) is 11.5 Å². The van der Waals surface area contributed by atoms with E-state index in [4.69, 9.17) is 0 Å². The predicted molar refractivity (Wildman–Crippen MR) is 77.4 cm³/mol. The molecule has 6 heteroatoms. The van der Waals surface area contributed by atoms with E-state index in [1.807, 2.05) is 0 Å². The normalized spacial score (nSPS) is 13.3. The Morgan fingerprint density at radius 1 is 1.05 bits per heavy atom. The van der Waals surface area contributed by atoms with Crippen LogP contribution in [0.1, 0.15) is 32.4 Å². The zero-order chi connectivity index (χ0) is 16.0. The minimum Gasteiger partial charge on any atom is -0.479 e. The Morgan fingerprint density at radius 3 is 2.05 bits per heavy atom. The first-order valence-electron chi connectivity index (χ1n) is 6.68. The molecular weight excluding hydrogens is 272 g/mol. The molecule has 0 bridgehead atoms. The number of amides is 2. The average Bonchev–Trinajstić information content (AvgIpc) is 2.42. The number of rotatable bonds is 6. The number of hydrogen-bond donors (Lipinski definition) is 3. The fourth-order valence-electron chi connectivity index (χ4n) is 1.92. The van der Waals surface area contributed by atoms with Crippen molar-refractivity contribution in [1.82, 2.24) is 10.6 Å². The molecule has 0 aliphatic rings. The van der Waals surface area contributed by atoms with Gasteiger partial charge in [-0.1, -0.05) is 44.2 Å². The first-order valence-corrected chi connectivity index (χ1v) is 6.68. The summed E-state index contributed by atoms with van der Waals surface area (Å²) in [5.41, 5.74) is 0.476. The van der Waals surface area contributed by atoms with Crippen LogP contribution in [0, 0.1) is 5.92 Å². The second kappa shape index (κ2) is 7.42. The number of carboxylic acid groups (broad SMARTS) is 1. The van der Waals surface area contributed by atoms with Crippen molar-refractivity contribution in [3.05, 3.63) is 35.9 Å². The Morgan fingerprint density at radius 2 is 1.62 bits per heavy atom. The second-order valence-electron chi connectivity index (χ2n) is 5.11. The third-order valence-electron chi connectivity index (χ3n) is 2.97. The molecule has 1 aromatic rings. The van der Waals surface area contributed by atoms with E-state index in [2.05, 4.69) is 10.6 Å². The Hall–Kier alpha value is -2.37. The minimum atomic E-state index is -1.15. The zero-order valence-corrected chi connectivity index (χ0v) is 12.3. The standard InChI is InChI=1S/C15H20N2O4/c1-9(2)12(16-10(3)18)14(19)17-13(15(20)21)11-7-5-4-6-8-11/h4-9,12-13H,1-3H3,(H,16,18)(H,17,19)(H,20,21)/t12?,13-/m0/s1. The number of hydrogen-bond acceptors (Lipinski definition) is 3. The summed E-state index contributed by atoms with van der Waals surface area (Å²) in [5.74, 6) is -2.16. The van der Waals surface area contributed by atoms with E-state index in [1.165, 1.54) is 6.92 Å². The maximum Gasteiger partial charge on any atom is 0.330 e. The molecule has 0 aromatic heterocycles. The van der Waals surface area contributed by atoms with Gasteiger partial charge < -0.3 is 15.7 Å². The molecule has 0 spiro atoms. The Bertz CT molecular complexity index is 514. The maximum absolute atomic E-state index is 12.2. The van der Waals surface area contributed by atoms with Gasteiger partial charge in [-0.25, -0.2) is 4.79 Å². The molecular formula is C15H20N2O4. The molecule has 0 saturated heterocycles. The van der Waals surface area contributed by atoms with Gasteiger partial charge in [0.15, 0.2) is 6.04 Å². The summed E-state index contributed by atoms with van der Waals surface area (Å²) < 4.78 is 0. The van der Waals surface area contributed by atoms with Crippen LogP contribution in [0.5, 0.6) is 0 Å². The largest absolute Gasteiger partial charge is 0.479 e. The molecule has 114 valence electrons. The van der Waals surface area contributed by atoms with Gasteiger partial charge in [0, 0.05) is 6.92 Å². The van der Waals surface area contributed by atoms with Crippen molar-refractivity contribution in [2.75, 3.05) is 0 Å². The van der Waals surface area contributed by atoms with Gasteiger partial charge in [0.1, 0.15) is 6.04 Å². The van der Waals surface area contributed by atoms with Crippen LogP contribution in [0.25, 0.3) is 0 Å². The van der Waals surface area contributed by atoms with Crippen molar-refractivity contribution in [2.45, 2.75) is 32.9 Å². The molecule has 0 aliphatic carbocycles. The van der Waals surface area contributed by atoms with E-state index in [0.717, 1.165) is 0 Å². The van der Waals surface area contributed by atoms with Crippen LogP contribution in [0.4, 0.5) is 0 Å². The van der Waals surface area contributed by atoms with Crippen LogP contribution in [0.2, 0.25) is 0 Å². The number of nitrogens with one attached hydrogen (secondary N) is 2. The Labute approximate surface area is 123 Å². The van der Waals surface area contributed by atoms with Gasteiger partial charge in [-0.3, -0.25) is 9.59 Å². The highest BCUT2D eigenvalue weighted by atomic mass is 16.4. The lowest BCUT2D eigenvalue weighted by molar-refractivity contribution is -0.142. The van der Waals surface area contributed by atoms with Crippen LogP contribution >= 0.6 is 0 Å². The van der Waals surface area contributed by atoms with Crippen molar-refractivity contribution >= 4 is 17.8 Å². The summed E-state index contributed by atoms with van der Waals surface area (Å²) in [6, 6.07) is 6.50. The molecule has 21 heavy (non-hydrogen) atoms. The van der Waals surface area contributed by atoms with E-state index >= 15 is 0 Å². The zero-order valence-electron chi connectivity index (χ0n) is 12.3. The lowest BCUT2D eigenvalue weighted by atomic mass is 10.0. The van der Waals surface area contributed by atoms with E-state index in [-0.39, 0.29) is 11.8 Å². The highest BCUT2D eigenvalue weighted by Crippen LogP contribution is 2.14. The van der Waals surface area contributed by atoms with Crippen molar-refractivity contribution in [3.8, 4) is 0 Å². The summed E-state index contributed by atoms with van der Waals surface area (Å²) in [7, 11) is 0. The molecule has 0 heterocycles. The minimum absolute atomic E-state index is 0.154. The molecule has 1 unspecified atom stereocenters. The number of carbonyl (C=O) groups excluding carboxylic acids is 2. The predicted octanol–water partition coefficient (Wildman–Crippen LogP) is 1.09. The third-order valence-corrected chi connectivity index (χ3v) is 2.97. The van der Waals surface area contributed by atoms with Crippen molar-refractivity contribution < 1.29 is 19.5 Å². The van der Waals surface area contributed by atoms with Crippen molar-refractivity contribution in [3.63, 3.8) is 0 Å². The van der Waals surface area contributed by atoms with Crippen LogP contribution in [-0.4, -0.2) is 28.9 Å². The number of benzene rings is 1. The van der Waals surface area contributed by atoms with Crippen molar-refractivity contribution in [2.24, 2.45) is 5.92 Å². The summed E-state index contributed by atoms with van der Waals surface area (Å²) in [5, 5.41) is 14.3. The fourth-order valence-corrected chi connectivity index (χ4v) is 1.92. The quantitative estimate of drug-likeness (QED) is 0.731. The van der Waals surface area contributed by atoms with Crippen LogP contribution < -0.4 is 10.6 Å². The Balaban J connectivity index is 2.90. The SMILES string of the molecule is CC(=O)NC(C(=O)N[C@H](C(=O)O)c1ccccc1)C(C)C. The highest BCUT2D eigenvalue weighted by molar-refractivity contribution is 5.90. The molecule has 1 aromatic carbocycles. The van der Waals surface area contributed by atoms with Crippen LogP contribution in [-0.2, 0) is 14.4 Å². The molecule has 0 aliphatic heterocycles. The lowest BCUT2D eigenvalue weighted by Crippen LogP contribution is -2.50. The topological polar surface area (TPSA) is 95.5 Å². The van der Waals surface area contributed by atoms with Crippen LogP contribution in [0.3, 0.4) is 0 Å². The van der Waals surface area contributed by atoms with Gasteiger partial charge in [-0.2, -0.15) is 0 Å². The second-order valence-corrected chi connectivity index (χ2v) is 5.11. The third kappa shape index (κ3) is 4.91. The maximum atomic E-state index is 12.2. The van der Waals surface area contributed by atoms with E-state index < -0.39 is 24.0 Å². The molecule has 3 N–H and O–H groups in total. The van der Waals surface area contributed by atoms with Gasteiger partial charge in [0.25, 0.3) is 0 Å². The molecule has 1 rings (SSSR count). The van der Waals surface area contributed by atoms with E-state index in [0.29, 0.717) is 5.56 Å². The molecule has 2 atom stereocenters. The van der Waals surface area contributed by atoms with E-state index in [1.54, 1.807) is 44.2 Å². The lowest BCUT2D eigenvalue weighted by Gasteiger charge is -2.23. The Kier molecular flexibility index (Phi) is 5.90. The molecule has 2 amide bonds. The summed E-state index contributed by atoms with van der Waals surface area (Å²) in [4.78, 5) is 34.7. The van der Waals surface area contributed by atoms with Gasteiger partial charge >= 0.3 is 5.97 Å². The first kappa shape index (κ1) is 16.7. The number of carboxylic acids is 1. The van der Waals surface area contributed by atoms with E-state index in [9.17, 15) is 19.5 Å².